The molecule has 1 unspecified atom stereocenters. The molecule has 3 nitrogen and oxygen atoms in total. The Kier molecular flexibility index (Phi) is 4.42. The van der Waals surface area contributed by atoms with Gasteiger partial charge in [-0.3, -0.25) is 4.79 Å². The second-order valence-corrected chi connectivity index (χ2v) is 8.61. The second kappa shape index (κ2) is 6.87. The molecule has 1 aliphatic carbocycles. The molecule has 152 valence electrons. The van der Waals surface area contributed by atoms with E-state index < -0.39 is 23.6 Å². The lowest BCUT2D eigenvalue weighted by atomic mass is 9.94. The van der Waals surface area contributed by atoms with Crippen molar-refractivity contribution in [3.63, 3.8) is 0 Å². The van der Waals surface area contributed by atoms with Crippen LogP contribution in [0.15, 0.2) is 36.4 Å². The zero-order valence-electron chi connectivity index (χ0n) is 16.0. The smallest absolute Gasteiger partial charge is 0.252 e. The number of rotatable bonds is 4. The van der Waals surface area contributed by atoms with E-state index in [4.69, 9.17) is 4.74 Å². The number of hydrogen-bond acceptors (Lipinski definition) is 2. The molecule has 2 heterocycles. The minimum atomic E-state index is -0.569. The first kappa shape index (κ1) is 18.7. The first-order valence-corrected chi connectivity index (χ1v) is 10.1. The zero-order valence-corrected chi connectivity index (χ0v) is 16.0. The van der Waals surface area contributed by atoms with Crippen molar-refractivity contribution in [2.45, 2.75) is 44.2 Å². The van der Waals surface area contributed by atoms with Crippen LogP contribution in [0, 0.1) is 22.9 Å². The maximum absolute atomic E-state index is 15.3. The second-order valence-electron chi connectivity index (χ2n) is 8.61. The largest absolute Gasteiger partial charge is 0.368 e. The minimum absolute atomic E-state index is 0.0350. The average Bonchev–Trinajstić information content (AvgIpc) is 3.29. The van der Waals surface area contributed by atoms with Gasteiger partial charge in [0, 0.05) is 24.6 Å². The van der Waals surface area contributed by atoms with Gasteiger partial charge >= 0.3 is 0 Å². The maximum atomic E-state index is 15.3. The van der Waals surface area contributed by atoms with Gasteiger partial charge in [0.2, 0.25) is 0 Å². The van der Waals surface area contributed by atoms with E-state index in [0.717, 1.165) is 25.3 Å². The van der Waals surface area contributed by atoms with E-state index in [-0.39, 0.29) is 34.9 Å². The van der Waals surface area contributed by atoms with Crippen LogP contribution < -0.4 is 0 Å². The van der Waals surface area contributed by atoms with Gasteiger partial charge < -0.3 is 9.64 Å². The number of ether oxygens (including phenoxy) is 1. The summed E-state index contributed by atoms with van der Waals surface area (Å²) in [5.74, 6) is -1.66. The highest BCUT2D eigenvalue weighted by Crippen LogP contribution is 2.55. The predicted molar refractivity (Wildman–Crippen MR) is 102 cm³/mol. The van der Waals surface area contributed by atoms with Crippen LogP contribution in [-0.4, -0.2) is 36.1 Å². The van der Waals surface area contributed by atoms with Crippen LogP contribution in [0.2, 0.25) is 0 Å². The summed E-state index contributed by atoms with van der Waals surface area (Å²) in [6.07, 6.45) is 3.50. The van der Waals surface area contributed by atoms with Gasteiger partial charge in [0.1, 0.15) is 23.6 Å². The van der Waals surface area contributed by atoms with Crippen molar-refractivity contribution < 1.29 is 22.7 Å². The summed E-state index contributed by atoms with van der Waals surface area (Å²) < 4.78 is 48.5. The van der Waals surface area contributed by atoms with E-state index >= 15 is 4.39 Å². The van der Waals surface area contributed by atoms with Gasteiger partial charge in [0.05, 0.1) is 6.61 Å². The molecule has 5 rings (SSSR count). The number of nitrogens with zero attached hydrogens (tertiary/aromatic N) is 1. The molecule has 6 heteroatoms. The van der Waals surface area contributed by atoms with Gasteiger partial charge in [0.15, 0.2) is 0 Å². The summed E-state index contributed by atoms with van der Waals surface area (Å²) in [6, 6.07) is 7.60. The van der Waals surface area contributed by atoms with E-state index in [1.54, 1.807) is 6.07 Å². The summed E-state index contributed by atoms with van der Waals surface area (Å²) in [7, 11) is 0. The van der Waals surface area contributed by atoms with E-state index in [1.165, 1.54) is 24.3 Å². The third-order valence-electron chi connectivity index (χ3n) is 6.53. The summed E-state index contributed by atoms with van der Waals surface area (Å²) in [4.78, 5) is 14.6. The van der Waals surface area contributed by atoms with Gasteiger partial charge in [0.25, 0.3) is 5.91 Å². The SMILES string of the molecule is O=C(C1CCO1)N1CC2(CC2)C[C@@H]1Cc1cc(F)cc(-c2cccc(F)c2)c1F. The maximum Gasteiger partial charge on any atom is 0.252 e. The summed E-state index contributed by atoms with van der Waals surface area (Å²) in [5, 5.41) is 0. The molecule has 0 aromatic heterocycles. The Labute approximate surface area is 167 Å². The highest BCUT2D eigenvalue weighted by molar-refractivity contribution is 5.82. The van der Waals surface area contributed by atoms with Crippen molar-refractivity contribution in [2.75, 3.05) is 13.2 Å². The Morgan fingerprint density at radius 2 is 1.93 bits per heavy atom. The molecule has 2 aromatic rings. The summed E-state index contributed by atoms with van der Waals surface area (Å²) in [6.45, 7) is 1.26. The van der Waals surface area contributed by atoms with Gasteiger partial charge in [-0.15, -0.1) is 0 Å². The van der Waals surface area contributed by atoms with Crippen LogP contribution >= 0.6 is 0 Å². The van der Waals surface area contributed by atoms with Crippen LogP contribution in [0.4, 0.5) is 13.2 Å². The van der Waals surface area contributed by atoms with Gasteiger partial charge in [-0.1, -0.05) is 12.1 Å². The molecule has 0 N–H and O–H groups in total. The van der Waals surface area contributed by atoms with Crippen molar-refractivity contribution in [3.8, 4) is 11.1 Å². The Bertz CT molecular complexity index is 969. The predicted octanol–water partition coefficient (Wildman–Crippen LogP) is 4.48. The third-order valence-corrected chi connectivity index (χ3v) is 6.53. The third kappa shape index (κ3) is 3.44. The van der Waals surface area contributed by atoms with Crippen LogP contribution in [-0.2, 0) is 16.0 Å². The van der Waals surface area contributed by atoms with E-state index in [1.807, 2.05) is 4.90 Å². The first-order valence-electron chi connectivity index (χ1n) is 10.1. The molecule has 1 amide bonds. The van der Waals surface area contributed by atoms with Gasteiger partial charge in [-0.2, -0.15) is 0 Å². The molecule has 0 bridgehead atoms. The van der Waals surface area contributed by atoms with Crippen LogP contribution in [0.25, 0.3) is 11.1 Å². The fraction of sp³-hybridized carbons (Fsp3) is 0.435. The molecule has 3 aliphatic rings. The topological polar surface area (TPSA) is 29.5 Å². The van der Waals surface area contributed by atoms with Crippen molar-refractivity contribution in [1.82, 2.24) is 4.90 Å². The first-order chi connectivity index (χ1) is 13.9. The van der Waals surface area contributed by atoms with Gasteiger partial charge in [-0.05, 0) is 66.5 Å². The fourth-order valence-electron chi connectivity index (χ4n) is 4.67. The lowest BCUT2D eigenvalue weighted by Gasteiger charge is -2.33. The summed E-state index contributed by atoms with van der Waals surface area (Å²) >= 11 is 0. The Balaban J connectivity index is 1.45. The molecule has 0 radical (unpaired) electrons. The molecule has 2 atom stereocenters. The highest BCUT2D eigenvalue weighted by Gasteiger charge is 2.54. The number of amides is 1. The Morgan fingerprint density at radius 3 is 2.59 bits per heavy atom. The lowest BCUT2D eigenvalue weighted by Crippen LogP contribution is -2.48. The van der Waals surface area contributed by atoms with Gasteiger partial charge in [-0.25, -0.2) is 13.2 Å². The zero-order chi connectivity index (χ0) is 20.2. The van der Waals surface area contributed by atoms with Crippen LogP contribution in [0.1, 0.15) is 31.2 Å². The molecule has 2 aliphatic heterocycles. The van der Waals surface area contributed by atoms with E-state index in [0.29, 0.717) is 25.1 Å². The normalized spacial score (nSPS) is 24.6. The number of benzene rings is 2. The van der Waals surface area contributed by atoms with E-state index in [2.05, 4.69) is 0 Å². The summed E-state index contributed by atoms with van der Waals surface area (Å²) in [5.41, 5.74) is 0.696. The molecule has 2 saturated heterocycles. The number of halogens is 3. The number of carbonyl (C=O) groups is 1. The Hall–Kier alpha value is -2.34. The molecule has 1 spiro atoms. The lowest BCUT2D eigenvalue weighted by molar-refractivity contribution is -0.157. The Morgan fingerprint density at radius 1 is 1.14 bits per heavy atom. The van der Waals surface area contributed by atoms with Crippen LogP contribution in [0.3, 0.4) is 0 Å². The fourth-order valence-corrected chi connectivity index (χ4v) is 4.67. The van der Waals surface area contributed by atoms with Crippen LogP contribution in [0.5, 0.6) is 0 Å². The minimum Gasteiger partial charge on any atom is -0.368 e. The standard InChI is InChI=1S/C23H22F3NO2/c24-16-3-1-2-14(8-16)19-11-17(25)9-15(21(19)26)10-18-12-23(5-6-23)13-27(18)22(28)20-4-7-29-20/h1-3,8-9,11,18,20H,4-7,10,12-13H2/t18-,20?/m0/s1. The van der Waals surface area contributed by atoms with Crippen molar-refractivity contribution in [2.24, 2.45) is 5.41 Å². The van der Waals surface area contributed by atoms with Crippen molar-refractivity contribution in [3.05, 3.63) is 59.4 Å². The molecule has 29 heavy (non-hydrogen) atoms. The highest BCUT2D eigenvalue weighted by atomic mass is 19.1. The molecular formula is C23H22F3NO2. The number of likely N-dealkylation sites (tertiary alicyclic amines) is 1. The van der Waals surface area contributed by atoms with E-state index in [9.17, 15) is 13.6 Å². The van der Waals surface area contributed by atoms with Crippen molar-refractivity contribution >= 4 is 5.91 Å². The van der Waals surface area contributed by atoms with Crippen molar-refractivity contribution in [1.29, 1.82) is 0 Å². The molecule has 1 saturated carbocycles. The molecule has 3 fully saturated rings. The number of carbonyl (C=O) groups excluding carboxylic acids is 1. The molecule has 2 aromatic carbocycles. The average molecular weight is 401 g/mol. The molecular weight excluding hydrogens is 379 g/mol. The number of hydrogen-bond donors (Lipinski definition) is 0. The quantitative estimate of drug-likeness (QED) is 0.756. The monoisotopic (exact) mass is 401 g/mol.